The van der Waals surface area contributed by atoms with E-state index in [1.54, 1.807) is 18.6 Å². The molecule has 23 heavy (non-hydrogen) atoms. The Morgan fingerprint density at radius 2 is 1.91 bits per heavy atom. The number of rotatable bonds is 2. The number of anilines is 1. The summed E-state index contributed by atoms with van der Waals surface area (Å²) in [6, 6.07) is 5.56. The van der Waals surface area contributed by atoms with Crippen molar-refractivity contribution in [3.8, 4) is 0 Å². The fraction of sp³-hybridized carbons (Fsp3) is 0.412. The van der Waals surface area contributed by atoms with Gasteiger partial charge in [0.1, 0.15) is 0 Å². The Labute approximate surface area is 135 Å². The van der Waals surface area contributed by atoms with Crippen LogP contribution >= 0.6 is 0 Å². The van der Waals surface area contributed by atoms with Gasteiger partial charge >= 0.3 is 0 Å². The smallest absolute Gasteiger partial charge is 0.255 e. The summed E-state index contributed by atoms with van der Waals surface area (Å²) in [6.45, 7) is 4.39. The summed E-state index contributed by atoms with van der Waals surface area (Å²) >= 11 is 0. The van der Waals surface area contributed by atoms with E-state index in [4.69, 9.17) is 0 Å². The zero-order chi connectivity index (χ0) is 15.9. The summed E-state index contributed by atoms with van der Waals surface area (Å²) in [5, 5.41) is 0. The molecule has 0 aliphatic carbocycles. The molecular formula is C17H19N5O. The third-order valence-corrected chi connectivity index (χ3v) is 4.94. The van der Waals surface area contributed by atoms with Crippen molar-refractivity contribution in [3.05, 3.63) is 48.0 Å². The minimum atomic E-state index is 0.00907. The molecule has 0 N–H and O–H groups in total. The van der Waals surface area contributed by atoms with Crippen LogP contribution < -0.4 is 4.90 Å². The summed E-state index contributed by atoms with van der Waals surface area (Å²) < 4.78 is 0. The van der Waals surface area contributed by atoms with Gasteiger partial charge in [-0.1, -0.05) is 0 Å². The summed E-state index contributed by atoms with van der Waals surface area (Å²) in [4.78, 5) is 29.8. The van der Waals surface area contributed by atoms with Crippen LogP contribution in [0.5, 0.6) is 0 Å². The zero-order valence-corrected chi connectivity index (χ0v) is 13.1. The summed E-state index contributed by atoms with van der Waals surface area (Å²) in [5.41, 5.74) is 1.59. The molecule has 2 fully saturated rings. The first-order valence-corrected chi connectivity index (χ1v) is 7.95. The molecule has 0 saturated carbocycles. The quantitative estimate of drug-likeness (QED) is 0.844. The van der Waals surface area contributed by atoms with Crippen molar-refractivity contribution in [2.45, 2.75) is 25.3 Å². The van der Waals surface area contributed by atoms with Crippen LogP contribution in [0.15, 0.2) is 36.8 Å². The second-order valence-corrected chi connectivity index (χ2v) is 6.34. The van der Waals surface area contributed by atoms with Crippen molar-refractivity contribution in [2.75, 3.05) is 24.5 Å². The van der Waals surface area contributed by atoms with E-state index in [0.29, 0.717) is 5.56 Å². The van der Waals surface area contributed by atoms with Gasteiger partial charge in [-0.3, -0.25) is 9.78 Å². The number of carbonyl (C=O) groups excluding carboxylic acids is 1. The number of aryl methyl sites for hydroxylation is 1. The monoisotopic (exact) mass is 309 g/mol. The molecule has 2 aromatic rings. The molecule has 118 valence electrons. The molecule has 2 aliphatic rings. The number of hydrogen-bond acceptors (Lipinski definition) is 5. The first-order chi connectivity index (χ1) is 11.2. The SMILES string of the molecule is Cc1ccc(C(=O)N2CCC3(CCN3c3ncccn3)C2)cn1. The van der Waals surface area contributed by atoms with Crippen LogP contribution in [0.1, 0.15) is 28.9 Å². The Hall–Kier alpha value is -2.50. The van der Waals surface area contributed by atoms with Crippen molar-refractivity contribution in [2.24, 2.45) is 0 Å². The van der Waals surface area contributed by atoms with E-state index in [1.165, 1.54) is 0 Å². The number of amides is 1. The highest BCUT2D eigenvalue weighted by molar-refractivity contribution is 5.94. The standard InChI is InChI=1S/C17H19N5O/c1-13-3-4-14(11-20-13)15(23)21-9-5-17(12-21)6-10-22(17)16-18-7-2-8-19-16/h2-4,7-8,11H,5-6,9-10,12H2,1H3. The topological polar surface area (TPSA) is 62.2 Å². The Kier molecular flexibility index (Phi) is 3.25. The summed E-state index contributed by atoms with van der Waals surface area (Å²) in [7, 11) is 0. The highest BCUT2D eigenvalue weighted by atomic mass is 16.2. The summed E-state index contributed by atoms with van der Waals surface area (Å²) in [5.74, 6) is 0.834. The van der Waals surface area contributed by atoms with Crippen molar-refractivity contribution in [3.63, 3.8) is 0 Å². The Morgan fingerprint density at radius 3 is 2.57 bits per heavy atom. The van der Waals surface area contributed by atoms with E-state index in [9.17, 15) is 4.79 Å². The molecule has 0 aromatic carbocycles. The van der Waals surface area contributed by atoms with Crippen LogP contribution in [0.3, 0.4) is 0 Å². The maximum Gasteiger partial charge on any atom is 0.255 e. The van der Waals surface area contributed by atoms with Crippen LogP contribution in [0.2, 0.25) is 0 Å². The van der Waals surface area contributed by atoms with Crippen LogP contribution in [0.25, 0.3) is 0 Å². The van der Waals surface area contributed by atoms with Crippen molar-refractivity contribution in [1.82, 2.24) is 19.9 Å². The predicted octanol–water partition coefficient (Wildman–Crippen LogP) is 1.68. The molecule has 2 aliphatic heterocycles. The van der Waals surface area contributed by atoms with Gasteiger partial charge in [0, 0.05) is 43.9 Å². The normalized spacial score (nSPS) is 23.2. The van der Waals surface area contributed by atoms with Crippen molar-refractivity contribution >= 4 is 11.9 Å². The lowest BCUT2D eigenvalue weighted by Crippen LogP contribution is -2.62. The van der Waals surface area contributed by atoms with Crippen LogP contribution in [-0.2, 0) is 0 Å². The molecule has 0 bridgehead atoms. The van der Waals surface area contributed by atoms with Gasteiger partial charge in [0.15, 0.2) is 0 Å². The molecule has 2 aromatic heterocycles. The van der Waals surface area contributed by atoms with Crippen molar-refractivity contribution < 1.29 is 4.79 Å². The van der Waals surface area contributed by atoms with Gasteiger partial charge in [0.2, 0.25) is 5.95 Å². The number of hydrogen-bond donors (Lipinski definition) is 0. The molecule has 1 spiro atoms. The third-order valence-electron chi connectivity index (χ3n) is 4.94. The fourth-order valence-corrected chi connectivity index (χ4v) is 3.51. The minimum absolute atomic E-state index is 0.00907. The van der Waals surface area contributed by atoms with Crippen molar-refractivity contribution in [1.29, 1.82) is 0 Å². The van der Waals surface area contributed by atoms with Gasteiger partial charge in [0.25, 0.3) is 5.91 Å². The minimum Gasteiger partial charge on any atom is -0.336 e. The summed E-state index contributed by atoms with van der Waals surface area (Å²) in [6.07, 6.45) is 7.26. The van der Waals surface area contributed by atoms with Gasteiger partial charge in [-0.25, -0.2) is 9.97 Å². The van der Waals surface area contributed by atoms with Gasteiger partial charge in [-0.05, 0) is 38.0 Å². The lowest BCUT2D eigenvalue weighted by molar-refractivity contribution is 0.0775. The molecule has 6 nitrogen and oxygen atoms in total. The molecule has 4 heterocycles. The van der Waals surface area contributed by atoms with Crippen LogP contribution in [-0.4, -0.2) is 50.9 Å². The van der Waals surface area contributed by atoms with E-state index in [-0.39, 0.29) is 11.4 Å². The molecule has 1 unspecified atom stereocenters. The van der Waals surface area contributed by atoms with E-state index >= 15 is 0 Å². The van der Waals surface area contributed by atoms with Gasteiger partial charge in [0.05, 0.1) is 11.1 Å². The number of nitrogens with zero attached hydrogens (tertiary/aromatic N) is 5. The third kappa shape index (κ3) is 2.34. The average Bonchev–Trinajstić information content (AvgIpc) is 3.03. The lowest BCUT2D eigenvalue weighted by Gasteiger charge is -2.50. The molecule has 2 saturated heterocycles. The molecule has 0 radical (unpaired) electrons. The first-order valence-electron chi connectivity index (χ1n) is 7.95. The number of carbonyl (C=O) groups is 1. The highest BCUT2D eigenvalue weighted by Crippen LogP contribution is 2.41. The van der Waals surface area contributed by atoms with Gasteiger partial charge in [-0.15, -0.1) is 0 Å². The maximum atomic E-state index is 12.7. The van der Waals surface area contributed by atoms with E-state index in [0.717, 1.165) is 44.1 Å². The Balaban J connectivity index is 1.51. The molecule has 4 rings (SSSR count). The average molecular weight is 309 g/mol. The molecule has 1 amide bonds. The Morgan fingerprint density at radius 1 is 1.13 bits per heavy atom. The predicted molar refractivity (Wildman–Crippen MR) is 86.2 cm³/mol. The highest BCUT2D eigenvalue weighted by Gasteiger charge is 2.51. The first kappa shape index (κ1) is 14.1. The van der Waals surface area contributed by atoms with Crippen LogP contribution in [0.4, 0.5) is 5.95 Å². The zero-order valence-electron chi connectivity index (χ0n) is 13.1. The van der Waals surface area contributed by atoms with E-state index in [1.807, 2.05) is 30.0 Å². The van der Waals surface area contributed by atoms with Gasteiger partial charge < -0.3 is 9.80 Å². The molecule has 6 heteroatoms. The van der Waals surface area contributed by atoms with E-state index in [2.05, 4.69) is 19.9 Å². The largest absolute Gasteiger partial charge is 0.336 e. The number of aromatic nitrogens is 3. The number of likely N-dealkylation sites (tertiary alicyclic amines) is 1. The lowest BCUT2D eigenvalue weighted by atomic mass is 9.84. The number of pyridine rings is 1. The molecule has 1 atom stereocenters. The Bertz CT molecular complexity index is 718. The molecular weight excluding hydrogens is 290 g/mol. The fourth-order valence-electron chi connectivity index (χ4n) is 3.51. The maximum absolute atomic E-state index is 12.7. The second-order valence-electron chi connectivity index (χ2n) is 6.34. The second kappa shape index (κ2) is 5.30. The van der Waals surface area contributed by atoms with Gasteiger partial charge in [-0.2, -0.15) is 0 Å². The van der Waals surface area contributed by atoms with E-state index < -0.39 is 0 Å². The van der Waals surface area contributed by atoms with Crippen LogP contribution in [0, 0.1) is 6.92 Å².